The summed E-state index contributed by atoms with van der Waals surface area (Å²) in [7, 11) is -2.95. The summed E-state index contributed by atoms with van der Waals surface area (Å²) in [5.41, 5.74) is 2.52. The number of benzene rings is 1. The highest BCUT2D eigenvalue weighted by Gasteiger charge is 2.42. The smallest absolute Gasteiger partial charge is 0.251 e. The second-order valence-electron chi connectivity index (χ2n) is 8.05. The molecule has 2 unspecified atom stereocenters. The third kappa shape index (κ3) is 4.54. The summed E-state index contributed by atoms with van der Waals surface area (Å²) in [5, 5.41) is 7.25. The van der Waals surface area contributed by atoms with Gasteiger partial charge in [0, 0.05) is 22.5 Å². The van der Waals surface area contributed by atoms with Crippen LogP contribution in [0, 0.1) is 6.92 Å². The van der Waals surface area contributed by atoms with E-state index in [1.165, 1.54) is 37.4 Å². The van der Waals surface area contributed by atoms with E-state index in [1.54, 1.807) is 0 Å². The number of hydrogen-bond donors (Lipinski definition) is 2. The number of hydrogen-bond acceptors (Lipinski definition) is 6. The molecule has 2 fully saturated rings. The van der Waals surface area contributed by atoms with E-state index in [0.29, 0.717) is 5.56 Å². The molecular weight excluding hydrogens is 394 g/mol. The molecule has 2 heterocycles. The van der Waals surface area contributed by atoms with Crippen molar-refractivity contribution in [3.8, 4) is 0 Å². The number of sulfone groups is 1. The highest BCUT2D eigenvalue weighted by Crippen LogP contribution is 2.35. The van der Waals surface area contributed by atoms with E-state index in [9.17, 15) is 13.2 Å². The van der Waals surface area contributed by atoms with Crippen molar-refractivity contribution in [2.75, 3.05) is 16.8 Å². The quantitative estimate of drug-likeness (QED) is 0.732. The Morgan fingerprint density at radius 2 is 1.89 bits per heavy atom. The third-order valence-electron chi connectivity index (χ3n) is 5.75. The van der Waals surface area contributed by atoms with Crippen molar-refractivity contribution in [1.29, 1.82) is 0 Å². The van der Waals surface area contributed by atoms with E-state index in [0.717, 1.165) is 29.3 Å². The second kappa shape index (κ2) is 8.06. The van der Waals surface area contributed by atoms with Crippen LogP contribution in [0.2, 0.25) is 0 Å². The largest absolute Gasteiger partial charge is 0.349 e. The van der Waals surface area contributed by atoms with Crippen LogP contribution >= 0.6 is 11.8 Å². The maximum Gasteiger partial charge on any atom is 0.251 e. The van der Waals surface area contributed by atoms with Crippen LogP contribution in [0.25, 0.3) is 0 Å². The minimum absolute atomic E-state index is 0.00882. The summed E-state index contributed by atoms with van der Waals surface area (Å²) in [4.78, 5) is 17.3. The van der Waals surface area contributed by atoms with Crippen LogP contribution in [-0.2, 0) is 9.84 Å². The number of amidine groups is 1. The number of carbonyl (C=O) groups excluding carboxylic acids is 1. The molecule has 8 heteroatoms. The number of anilines is 1. The predicted octanol–water partition coefficient (Wildman–Crippen LogP) is 3.13. The lowest BCUT2D eigenvalue weighted by atomic mass is 10.1. The molecule has 1 aliphatic carbocycles. The lowest BCUT2D eigenvalue weighted by Crippen LogP contribution is -2.34. The van der Waals surface area contributed by atoms with Gasteiger partial charge in [-0.25, -0.2) is 8.42 Å². The van der Waals surface area contributed by atoms with E-state index >= 15 is 0 Å². The summed E-state index contributed by atoms with van der Waals surface area (Å²) in [6.07, 6.45) is 6.99. The van der Waals surface area contributed by atoms with Gasteiger partial charge in [-0.15, -0.1) is 0 Å². The van der Waals surface area contributed by atoms with E-state index in [4.69, 9.17) is 0 Å². The van der Waals surface area contributed by atoms with Gasteiger partial charge in [0.05, 0.1) is 17.5 Å². The Balaban J connectivity index is 1.43. The van der Waals surface area contributed by atoms with Crippen molar-refractivity contribution >= 4 is 38.4 Å². The Morgan fingerprint density at radius 1 is 1.14 bits per heavy atom. The number of carbonyl (C=O) groups is 1. The Kier molecular flexibility index (Phi) is 5.69. The van der Waals surface area contributed by atoms with Gasteiger partial charge < -0.3 is 10.6 Å². The monoisotopic (exact) mass is 421 g/mol. The SMILES string of the molecule is Cc1ccc(C(=O)NC2CCCCCC2)cc1NC1=NC2CS(=O)(=O)CC2S1. The van der Waals surface area contributed by atoms with E-state index < -0.39 is 9.84 Å². The predicted molar refractivity (Wildman–Crippen MR) is 115 cm³/mol. The van der Waals surface area contributed by atoms with Crippen LogP contribution in [0.4, 0.5) is 5.69 Å². The molecular formula is C20H27N3O3S2. The normalized spacial score (nSPS) is 27.0. The van der Waals surface area contributed by atoms with Crippen molar-refractivity contribution in [3.63, 3.8) is 0 Å². The summed E-state index contributed by atoms with van der Waals surface area (Å²) >= 11 is 1.49. The van der Waals surface area contributed by atoms with Crippen LogP contribution in [0.15, 0.2) is 23.2 Å². The van der Waals surface area contributed by atoms with Crippen LogP contribution in [0.1, 0.15) is 54.4 Å². The molecule has 0 spiro atoms. The molecule has 1 aromatic carbocycles. The maximum absolute atomic E-state index is 12.7. The first-order chi connectivity index (χ1) is 13.4. The van der Waals surface area contributed by atoms with Gasteiger partial charge in [-0.2, -0.15) is 0 Å². The number of aliphatic imine (C=N–C) groups is 1. The molecule has 0 aromatic heterocycles. The fourth-order valence-electron chi connectivity index (χ4n) is 4.12. The summed E-state index contributed by atoms with van der Waals surface area (Å²) in [6, 6.07) is 5.78. The van der Waals surface area contributed by atoms with Gasteiger partial charge in [-0.1, -0.05) is 43.5 Å². The Hall–Kier alpha value is -1.54. The molecule has 1 aromatic rings. The van der Waals surface area contributed by atoms with Gasteiger partial charge in [0.2, 0.25) is 0 Å². The number of aryl methyl sites for hydroxylation is 1. The molecule has 152 valence electrons. The van der Waals surface area contributed by atoms with Crippen molar-refractivity contribution in [2.45, 2.75) is 62.8 Å². The topological polar surface area (TPSA) is 87.6 Å². The average Bonchev–Trinajstić information content (AvgIpc) is 2.98. The van der Waals surface area contributed by atoms with Crippen LogP contribution in [0.3, 0.4) is 0 Å². The number of rotatable bonds is 3. The number of thioether (sulfide) groups is 1. The maximum atomic E-state index is 12.7. The van der Waals surface area contributed by atoms with E-state index in [-0.39, 0.29) is 34.7 Å². The third-order valence-corrected chi connectivity index (χ3v) is 8.89. The summed E-state index contributed by atoms with van der Waals surface area (Å²) in [6.45, 7) is 1.99. The van der Waals surface area contributed by atoms with Crippen molar-refractivity contribution in [1.82, 2.24) is 5.32 Å². The molecule has 2 atom stereocenters. The first kappa shape index (κ1) is 19.8. The van der Waals surface area contributed by atoms with E-state index in [2.05, 4.69) is 15.6 Å². The number of nitrogens with one attached hydrogen (secondary N) is 2. The molecule has 4 rings (SSSR count). The van der Waals surface area contributed by atoms with Crippen molar-refractivity contribution in [2.24, 2.45) is 4.99 Å². The second-order valence-corrected chi connectivity index (χ2v) is 11.4. The molecule has 1 saturated heterocycles. The van der Waals surface area contributed by atoms with Crippen molar-refractivity contribution < 1.29 is 13.2 Å². The molecule has 0 radical (unpaired) electrons. The molecule has 3 aliphatic rings. The van der Waals surface area contributed by atoms with Gasteiger partial charge >= 0.3 is 0 Å². The average molecular weight is 422 g/mol. The fraction of sp³-hybridized carbons (Fsp3) is 0.600. The minimum atomic E-state index is -2.95. The Labute approximate surface area is 170 Å². The van der Waals surface area contributed by atoms with Crippen LogP contribution in [0.5, 0.6) is 0 Å². The number of nitrogens with zero attached hydrogens (tertiary/aromatic N) is 1. The summed E-state index contributed by atoms with van der Waals surface area (Å²) < 4.78 is 23.4. The fourth-order valence-corrected chi connectivity index (χ4v) is 7.79. The zero-order chi connectivity index (χ0) is 19.7. The van der Waals surface area contributed by atoms with Gasteiger partial charge in [-0.3, -0.25) is 9.79 Å². The van der Waals surface area contributed by atoms with Crippen LogP contribution in [-0.4, -0.2) is 48.3 Å². The van der Waals surface area contributed by atoms with Crippen LogP contribution < -0.4 is 10.6 Å². The molecule has 1 saturated carbocycles. The first-order valence-corrected chi connectivity index (χ1v) is 12.7. The van der Waals surface area contributed by atoms with Crippen molar-refractivity contribution in [3.05, 3.63) is 29.3 Å². The molecule has 0 bridgehead atoms. The number of amides is 1. The lowest BCUT2D eigenvalue weighted by molar-refractivity contribution is 0.0933. The minimum Gasteiger partial charge on any atom is -0.349 e. The zero-order valence-corrected chi connectivity index (χ0v) is 17.7. The van der Waals surface area contributed by atoms with Gasteiger partial charge in [0.1, 0.15) is 0 Å². The highest BCUT2D eigenvalue weighted by atomic mass is 32.2. The van der Waals surface area contributed by atoms with E-state index in [1.807, 2.05) is 25.1 Å². The van der Waals surface area contributed by atoms with Gasteiger partial charge in [-0.05, 0) is 37.5 Å². The molecule has 6 nitrogen and oxygen atoms in total. The highest BCUT2D eigenvalue weighted by molar-refractivity contribution is 8.15. The zero-order valence-electron chi connectivity index (χ0n) is 16.1. The lowest BCUT2D eigenvalue weighted by Gasteiger charge is -2.17. The summed E-state index contributed by atoms with van der Waals surface area (Å²) in [5.74, 6) is 0.303. The standard InChI is InChI=1S/C20H27N3O3S2/c1-13-8-9-14(19(24)21-15-6-4-2-3-5-7-15)10-16(13)22-20-23-17-11-28(25,26)12-18(17)27-20/h8-10,15,17-18H,2-7,11-12H2,1H3,(H,21,24)(H,22,23). The number of fused-ring (bicyclic) bond motifs is 1. The van der Waals surface area contributed by atoms with Gasteiger partial charge in [0.25, 0.3) is 5.91 Å². The van der Waals surface area contributed by atoms with Gasteiger partial charge in [0.15, 0.2) is 15.0 Å². The molecule has 28 heavy (non-hydrogen) atoms. The Morgan fingerprint density at radius 3 is 2.61 bits per heavy atom. The Bertz CT molecular complexity index is 890. The molecule has 1 amide bonds. The molecule has 2 aliphatic heterocycles. The first-order valence-electron chi connectivity index (χ1n) is 10.0. The molecule has 2 N–H and O–H groups in total.